The maximum absolute atomic E-state index is 13.2. The summed E-state index contributed by atoms with van der Waals surface area (Å²) in [5.41, 5.74) is 4.52. The number of methoxy groups -OCH3 is 1. The number of nitrogens with two attached hydrogens (primary N) is 1. The summed E-state index contributed by atoms with van der Waals surface area (Å²) in [6.45, 7) is 3.07. The second-order valence-electron chi connectivity index (χ2n) is 6.58. The van der Waals surface area contributed by atoms with Crippen molar-refractivity contribution < 1.29 is 14.2 Å². The standard InChI is InChI=1S/C16H19FN8O3/c1-16(2,27)8-24-15(26)25(23-22-24)11-6-9(4-5-12(11)28-3)20-14-19-7-10(17)13(18)21-14/h4-7,27H,8H2,1-3H3,(H3,18,19,20,21). The van der Waals surface area contributed by atoms with Gasteiger partial charge in [0.05, 0.1) is 25.5 Å². The fourth-order valence-corrected chi connectivity index (χ4v) is 2.39. The summed E-state index contributed by atoms with van der Waals surface area (Å²) < 4.78 is 20.6. The lowest BCUT2D eigenvalue weighted by Crippen LogP contribution is -2.34. The first-order chi connectivity index (χ1) is 13.2. The SMILES string of the molecule is COc1ccc(Nc2ncc(F)c(N)n2)cc1-n1nnn(CC(C)(C)O)c1=O. The summed E-state index contributed by atoms with van der Waals surface area (Å²) in [5, 5.41) is 20.4. The molecule has 0 amide bonds. The normalized spacial score (nSPS) is 11.5. The summed E-state index contributed by atoms with van der Waals surface area (Å²) in [5.74, 6) is -0.580. The molecule has 0 aliphatic heterocycles. The molecule has 3 rings (SSSR count). The largest absolute Gasteiger partial charge is 0.494 e. The first kappa shape index (κ1) is 19.2. The average molecular weight is 390 g/mol. The van der Waals surface area contributed by atoms with Crippen LogP contribution in [0.4, 0.5) is 21.8 Å². The van der Waals surface area contributed by atoms with E-state index in [9.17, 15) is 14.3 Å². The molecule has 0 saturated carbocycles. The molecule has 0 bridgehead atoms. The van der Waals surface area contributed by atoms with Gasteiger partial charge in [-0.1, -0.05) is 0 Å². The highest BCUT2D eigenvalue weighted by atomic mass is 19.1. The van der Waals surface area contributed by atoms with Crippen LogP contribution in [0.1, 0.15) is 13.8 Å². The first-order valence-corrected chi connectivity index (χ1v) is 8.16. The van der Waals surface area contributed by atoms with Crippen molar-refractivity contribution in [3.05, 3.63) is 40.7 Å². The van der Waals surface area contributed by atoms with Crippen molar-refractivity contribution in [3.8, 4) is 11.4 Å². The van der Waals surface area contributed by atoms with Crippen LogP contribution in [0.5, 0.6) is 5.75 Å². The molecular formula is C16H19FN8O3. The topological polar surface area (TPSA) is 146 Å². The third kappa shape index (κ3) is 4.06. The molecule has 0 spiro atoms. The van der Waals surface area contributed by atoms with Crippen molar-refractivity contribution in [1.29, 1.82) is 0 Å². The molecule has 12 heteroatoms. The Morgan fingerprint density at radius 1 is 1.36 bits per heavy atom. The number of nitrogens with one attached hydrogen (secondary N) is 1. The van der Waals surface area contributed by atoms with Crippen molar-refractivity contribution >= 4 is 17.5 Å². The van der Waals surface area contributed by atoms with Gasteiger partial charge in [0, 0.05) is 5.69 Å². The lowest BCUT2D eigenvalue weighted by Gasteiger charge is -2.15. The van der Waals surface area contributed by atoms with Crippen LogP contribution in [0.2, 0.25) is 0 Å². The minimum absolute atomic E-state index is 0.0330. The van der Waals surface area contributed by atoms with Gasteiger partial charge in [-0.25, -0.2) is 14.2 Å². The quantitative estimate of drug-likeness (QED) is 0.546. The molecule has 148 valence electrons. The zero-order chi connectivity index (χ0) is 20.5. The Balaban J connectivity index is 1.98. The second kappa shape index (κ2) is 7.23. The molecular weight excluding hydrogens is 371 g/mol. The molecule has 28 heavy (non-hydrogen) atoms. The Kier molecular flexibility index (Phi) is 4.96. The highest BCUT2D eigenvalue weighted by Gasteiger charge is 2.20. The summed E-state index contributed by atoms with van der Waals surface area (Å²) in [6, 6.07) is 4.82. The lowest BCUT2D eigenvalue weighted by atomic mass is 10.1. The molecule has 0 unspecified atom stereocenters. The van der Waals surface area contributed by atoms with E-state index in [1.54, 1.807) is 32.0 Å². The van der Waals surface area contributed by atoms with Gasteiger partial charge in [0.15, 0.2) is 11.6 Å². The molecule has 0 aliphatic rings. The number of aliphatic hydroxyl groups is 1. The Labute approximate surface area is 158 Å². The number of halogens is 1. The smallest absolute Gasteiger partial charge is 0.368 e. The van der Waals surface area contributed by atoms with Crippen molar-refractivity contribution in [3.63, 3.8) is 0 Å². The molecule has 1 aromatic carbocycles. The summed E-state index contributed by atoms with van der Waals surface area (Å²) in [6.07, 6.45) is 0.946. The highest BCUT2D eigenvalue weighted by Crippen LogP contribution is 2.26. The maximum Gasteiger partial charge on any atom is 0.368 e. The zero-order valence-corrected chi connectivity index (χ0v) is 15.4. The van der Waals surface area contributed by atoms with Gasteiger partial charge < -0.3 is 20.9 Å². The third-order valence-electron chi connectivity index (χ3n) is 3.61. The van der Waals surface area contributed by atoms with Crippen molar-refractivity contribution in [2.45, 2.75) is 26.0 Å². The fourth-order valence-electron chi connectivity index (χ4n) is 2.39. The third-order valence-corrected chi connectivity index (χ3v) is 3.61. The number of hydrogen-bond donors (Lipinski definition) is 3. The molecule has 0 fully saturated rings. The number of aromatic nitrogens is 6. The van der Waals surface area contributed by atoms with E-state index in [0.29, 0.717) is 17.1 Å². The van der Waals surface area contributed by atoms with Crippen LogP contribution >= 0.6 is 0 Å². The van der Waals surface area contributed by atoms with Gasteiger partial charge in [-0.15, -0.1) is 0 Å². The zero-order valence-electron chi connectivity index (χ0n) is 15.4. The van der Waals surface area contributed by atoms with E-state index in [4.69, 9.17) is 10.5 Å². The Hall–Kier alpha value is -3.54. The van der Waals surface area contributed by atoms with Crippen LogP contribution < -0.4 is 21.5 Å². The Morgan fingerprint density at radius 3 is 2.75 bits per heavy atom. The van der Waals surface area contributed by atoms with Gasteiger partial charge in [-0.3, -0.25) is 0 Å². The maximum atomic E-state index is 13.2. The van der Waals surface area contributed by atoms with E-state index in [1.807, 2.05) is 0 Å². The van der Waals surface area contributed by atoms with Gasteiger partial charge in [-0.05, 0) is 42.5 Å². The fraction of sp³-hybridized carbons (Fsp3) is 0.312. The average Bonchev–Trinajstić information content (AvgIpc) is 2.97. The molecule has 11 nitrogen and oxygen atoms in total. The van der Waals surface area contributed by atoms with E-state index in [1.165, 1.54) is 7.11 Å². The predicted molar refractivity (Wildman–Crippen MR) is 98.2 cm³/mol. The molecule has 0 saturated heterocycles. The number of benzene rings is 1. The molecule has 2 aromatic heterocycles. The predicted octanol–water partition coefficient (Wildman–Crippen LogP) is 0.463. The van der Waals surface area contributed by atoms with Crippen molar-refractivity contribution in [2.75, 3.05) is 18.2 Å². The van der Waals surface area contributed by atoms with Crippen LogP contribution in [0.3, 0.4) is 0 Å². The lowest BCUT2D eigenvalue weighted by molar-refractivity contribution is 0.0560. The van der Waals surface area contributed by atoms with Crippen LogP contribution in [-0.2, 0) is 6.54 Å². The van der Waals surface area contributed by atoms with Crippen molar-refractivity contribution in [2.24, 2.45) is 0 Å². The summed E-state index contributed by atoms with van der Waals surface area (Å²) >= 11 is 0. The van der Waals surface area contributed by atoms with E-state index in [0.717, 1.165) is 15.6 Å². The molecule has 0 radical (unpaired) electrons. The number of nitrogens with zero attached hydrogens (tertiary/aromatic N) is 6. The van der Waals surface area contributed by atoms with Gasteiger partial charge in [0.1, 0.15) is 11.4 Å². The molecule has 4 N–H and O–H groups in total. The first-order valence-electron chi connectivity index (χ1n) is 8.16. The van der Waals surface area contributed by atoms with Gasteiger partial charge in [0.2, 0.25) is 5.95 Å². The van der Waals surface area contributed by atoms with E-state index < -0.39 is 17.1 Å². The van der Waals surface area contributed by atoms with E-state index in [-0.39, 0.29) is 18.3 Å². The monoisotopic (exact) mass is 390 g/mol. The molecule has 2 heterocycles. The molecule has 0 aliphatic carbocycles. The molecule has 3 aromatic rings. The van der Waals surface area contributed by atoms with Gasteiger partial charge >= 0.3 is 5.69 Å². The number of tetrazole rings is 1. The second-order valence-corrected chi connectivity index (χ2v) is 6.58. The van der Waals surface area contributed by atoms with Crippen LogP contribution in [-0.4, -0.2) is 47.6 Å². The number of rotatable bonds is 6. The van der Waals surface area contributed by atoms with Gasteiger partial charge in [0.25, 0.3) is 0 Å². The Bertz CT molecular complexity index is 1060. The van der Waals surface area contributed by atoms with Crippen LogP contribution in [0.25, 0.3) is 5.69 Å². The minimum atomic E-state index is -1.14. The minimum Gasteiger partial charge on any atom is -0.494 e. The van der Waals surface area contributed by atoms with E-state index in [2.05, 4.69) is 25.7 Å². The number of hydrogen-bond acceptors (Lipinski definition) is 9. The van der Waals surface area contributed by atoms with Crippen molar-refractivity contribution in [1.82, 2.24) is 29.8 Å². The number of ether oxygens (including phenoxy) is 1. The number of nitrogen functional groups attached to an aromatic ring is 1. The van der Waals surface area contributed by atoms with E-state index >= 15 is 0 Å². The van der Waals surface area contributed by atoms with Crippen LogP contribution in [0, 0.1) is 5.82 Å². The number of anilines is 3. The summed E-state index contributed by atoms with van der Waals surface area (Å²) in [4.78, 5) is 20.2. The highest BCUT2D eigenvalue weighted by molar-refractivity contribution is 5.62. The van der Waals surface area contributed by atoms with Gasteiger partial charge in [-0.2, -0.15) is 14.3 Å². The van der Waals surface area contributed by atoms with Crippen LogP contribution in [0.15, 0.2) is 29.2 Å². The summed E-state index contributed by atoms with van der Waals surface area (Å²) in [7, 11) is 1.45. The Morgan fingerprint density at radius 2 is 2.11 bits per heavy atom. The molecule has 0 atom stereocenters.